The first-order valence-corrected chi connectivity index (χ1v) is 6.47. The molecule has 1 fully saturated rings. The molecule has 0 bridgehead atoms. The lowest BCUT2D eigenvalue weighted by Gasteiger charge is -2.27. The van der Waals surface area contributed by atoms with Crippen molar-refractivity contribution in [2.75, 3.05) is 52.3 Å². The molecule has 0 spiro atoms. The third-order valence-corrected chi connectivity index (χ3v) is 3.54. The minimum absolute atomic E-state index is 0.0240. The summed E-state index contributed by atoms with van der Waals surface area (Å²) in [6.45, 7) is 2.67. The molecule has 1 saturated heterocycles. The molecule has 1 aliphatic rings. The number of thioether (sulfide) groups is 1. The van der Waals surface area contributed by atoms with Crippen LogP contribution in [0.25, 0.3) is 0 Å². The van der Waals surface area contributed by atoms with E-state index in [1.807, 2.05) is 37.8 Å². The lowest BCUT2D eigenvalue weighted by Crippen LogP contribution is -2.50. The van der Waals surface area contributed by atoms with Crippen molar-refractivity contribution < 1.29 is 4.79 Å². The number of hydrogen-bond acceptors (Lipinski definition) is 4. The maximum absolute atomic E-state index is 11.9. The molecule has 15 heavy (non-hydrogen) atoms. The van der Waals surface area contributed by atoms with Crippen LogP contribution >= 0.6 is 11.8 Å². The van der Waals surface area contributed by atoms with Gasteiger partial charge < -0.3 is 15.1 Å². The summed E-state index contributed by atoms with van der Waals surface area (Å²) in [5.41, 5.74) is 0. The number of carbonyl (C=O) groups excluding carboxylic acids is 1. The second-order valence-electron chi connectivity index (χ2n) is 4.14. The fourth-order valence-electron chi connectivity index (χ4n) is 1.45. The molecule has 1 atom stereocenters. The summed E-state index contributed by atoms with van der Waals surface area (Å²) >= 11 is 1.85. The molecule has 1 rings (SSSR count). The van der Waals surface area contributed by atoms with Crippen molar-refractivity contribution in [3.63, 3.8) is 0 Å². The van der Waals surface area contributed by atoms with Gasteiger partial charge in [0.15, 0.2) is 0 Å². The topological polar surface area (TPSA) is 35.6 Å². The second kappa shape index (κ2) is 6.35. The van der Waals surface area contributed by atoms with Gasteiger partial charge in [0.05, 0.1) is 6.04 Å². The van der Waals surface area contributed by atoms with Crippen LogP contribution in [0.5, 0.6) is 0 Å². The maximum Gasteiger partial charge on any atom is 0.240 e. The van der Waals surface area contributed by atoms with Crippen molar-refractivity contribution in [3.8, 4) is 0 Å². The first kappa shape index (κ1) is 12.8. The molecule has 0 radical (unpaired) electrons. The fourth-order valence-corrected chi connectivity index (χ4v) is 2.38. The number of likely N-dealkylation sites (N-methyl/N-ethyl adjacent to an activating group) is 2. The van der Waals surface area contributed by atoms with Crippen molar-refractivity contribution in [3.05, 3.63) is 0 Å². The molecular weight excluding hydrogens is 210 g/mol. The third-order valence-electron chi connectivity index (χ3n) is 2.48. The first-order valence-electron chi connectivity index (χ1n) is 5.32. The smallest absolute Gasteiger partial charge is 0.240 e. The van der Waals surface area contributed by atoms with Gasteiger partial charge in [0, 0.05) is 38.2 Å². The summed E-state index contributed by atoms with van der Waals surface area (Å²) in [6, 6.07) is 0.0240. The number of amides is 1. The SMILES string of the molecule is CN(C)CCN(C)C(=O)C1CSCCN1. The van der Waals surface area contributed by atoms with Crippen LogP contribution in [0.15, 0.2) is 0 Å². The molecule has 0 aromatic heterocycles. The summed E-state index contributed by atoms with van der Waals surface area (Å²) < 4.78 is 0. The van der Waals surface area contributed by atoms with Gasteiger partial charge >= 0.3 is 0 Å². The van der Waals surface area contributed by atoms with E-state index in [0.29, 0.717) is 0 Å². The Balaban J connectivity index is 2.30. The Kier molecular flexibility index (Phi) is 5.42. The highest BCUT2D eigenvalue weighted by Crippen LogP contribution is 2.09. The zero-order chi connectivity index (χ0) is 11.3. The van der Waals surface area contributed by atoms with Crippen molar-refractivity contribution in [2.45, 2.75) is 6.04 Å². The lowest BCUT2D eigenvalue weighted by atomic mass is 10.3. The van der Waals surface area contributed by atoms with Crippen LogP contribution in [0.3, 0.4) is 0 Å². The highest BCUT2D eigenvalue weighted by molar-refractivity contribution is 7.99. The lowest BCUT2D eigenvalue weighted by molar-refractivity contribution is -0.131. The molecule has 1 N–H and O–H groups in total. The minimum atomic E-state index is 0.0240. The molecule has 1 amide bonds. The average Bonchev–Trinajstić information content (AvgIpc) is 2.26. The number of nitrogens with one attached hydrogen (secondary N) is 1. The van der Waals surface area contributed by atoms with Crippen molar-refractivity contribution in [1.29, 1.82) is 0 Å². The number of rotatable bonds is 4. The molecular formula is C10H21N3OS. The minimum Gasteiger partial charge on any atom is -0.343 e. The Hall–Kier alpha value is -0.260. The summed E-state index contributed by atoms with van der Waals surface area (Å²) in [4.78, 5) is 15.9. The van der Waals surface area contributed by atoms with Crippen molar-refractivity contribution in [1.82, 2.24) is 15.1 Å². The van der Waals surface area contributed by atoms with E-state index in [-0.39, 0.29) is 11.9 Å². The molecule has 0 aliphatic carbocycles. The van der Waals surface area contributed by atoms with E-state index >= 15 is 0 Å². The number of carbonyl (C=O) groups is 1. The first-order chi connectivity index (χ1) is 7.11. The van der Waals surface area contributed by atoms with Gasteiger partial charge in [-0.25, -0.2) is 0 Å². The molecule has 1 heterocycles. The van der Waals surface area contributed by atoms with Crippen molar-refractivity contribution >= 4 is 17.7 Å². The van der Waals surface area contributed by atoms with Gasteiger partial charge in [-0.2, -0.15) is 11.8 Å². The van der Waals surface area contributed by atoms with Crippen LogP contribution in [0, 0.1) is 0 Å². The normalized spacial score (nSPS) is 21.7. The zero-order valence-corrected chi connectivity index (χ0v) is 10.6. The highest BCUT2D eigenvalue weighted by atomic mass is 32.2. The summed E-state index contributed by atoms with van der Waals surface area (Å²) in [6.07, 6.45) is 0. The van der Waals surface area contributed by atoms with Gasteiger partial charge in [-0.05, 0) is 14.1 Å². The molecule has 0 aromatic carbocycles. The Morgan fingerprint density at radius 1 is 1.40 bits per heavy atom. The van der Waals surface area contributed by atoms with Gasteiger partial charge in [-0.15, -0.1) is 0 Å². The number of hydrogen-bond donors (Lipinski definition) is 1. The summed E-state index contributed by atoms with van der Waals surface area (Å²) in [5, 5.41) is 3.26. The van der Waals surface area contributed by atoms with E-state index in [2.05, 4.69) is 10.2 Å². The Morgan fingerprint density at radius 2 is 2.13 bits per heavy atom. The van der Waals surface area contributed by atoms with Gasteiger partial charge in [-0.3, -0.25) is 4.79 Å². The van der Waals surface area contributed by atoms with Crippen LogP contribution in [-0.2, 0) is 4.79 Å². The molecule has 1 unspecified atom stereocenters. The van der Waals surface area contributed by atoms with E-state index < -0.39 is 0 Å². The van der Waals surface area contributed by atoms with Gasteiger partial charge in [0.1, 0.15) is 0 Å². The van der Waals surface area contributed by atoms with Crippen LogP contribution in [0.4, 0.5) is 0 Å². The second-order valence-corrected chi connectivity index (χ2v) is 5.29. The Morgan fingerprint density at radius 3 is 2.67 bits per heavy atom. The predicted octanol–water partition coefficient (Wildman–Crippen LogP) is -0.289. The highest BCUT2D eigenvalue weighted by Gasteiger charge is 2.23. The average molecular weight is 231 g/mol. The van der Waals surface area contributed by atoms with Crippen LogP contribution in [-0.4, -0.2) is 74.0 Å². The molecule has 0 saturated carbocycles. The van der Waals surface area contributed by atoms with Crippen LogP contribution in [0.2, 0.25) is 0 Å². The monoisotopic (exact) mass is 231 g/mol. The van der Waals surface area contributed by atoms with Gasteiger partial charge in [0.2, 0.25) is 5.91 Å². The molecule has 88 valence electrons. The molecule has 0 aromatic rings. The third kappa shape index (κ3) is 4.40. The zero-order valence-electron chi connectivity index (χ0n) is 9.82. The largest absolute Gasteiger partial charge is 0.343 e. The van der Waals surface area contributed by atoms with Gasteiger partial charge in [-0.1, -0.05) is 0 Å². The van der Waals surface area contributed by atoms with E-state index in [4.69, 9.17) is 0 Å². The van der Waals surface area contributed by atoms with Crippen molar-refractivity contribution in [2.24, 2.45) is 0 Å². The molecule has 4 nitrogen and oxygen atoms in total. The molecule has 1 aliphatic heterocycles. The quantitative estimate of drug-likeness (QED) is 0.721. The summed E-state index contributed by atoms with van der Waals surface area (Å²) in [5.74, 6) is 2.25. The number of nitrogens with zero attached hydrogens (tertiary/aromatic N) is 2. The maximum atomic E-state index is 11.9. The van der Waals surface area contributed by atoms with Crippen LogP contribution in [0.1, 0.15) is 0 Å². The van der Waals surface area contributed by atoms with E-state index in [1.54, 1.807) is 0 Å². The predicted molar refractivity (Wildman–Crippen MR) is 65.3 cm³/mol. The Labute approximate surface area is 96.4 Å². The van der Waals surface area contributed by atoms with Gasteiger partial charge in [0.25, 0.3) is 0 Å². The van der Waals surface area contributed by atoms with E-state index in [1.165, 1.54) is 0 Å². The van der Waals surface area contributed by atoms with E-state index in [9.17, 15) is 4.79 Å². The fraction of sp³-hybridized carbons (Fsp3) is 0.900. The Bertz CT molecular complexity index is 205. The van der Waals surface area contributed by atoms with Crippen LogP contribution < -0.4 is 5.32 Å². The molecule has 5 heteroatoms. The standard InChI is InChI=1S/C10H21N3OS/c1-12(2)5-6-13(3)10(14)9-8-15-7-4-11-9/h9,11H,4-8H2,1-3H3. The van der Waals surface area contributed by atoms with E-state index in [0.717, 1.165) is 31.1 Å². The summed E-state index contributed by atoms with van der Waals surface area (Å²) in [7, 11) is 5.92.